The number of hydrogen-bond acceptors (Lipinski definition) is 5. The zero-order chi connectivity index (χ0) is 17.3. The number of aryl methyl sites for hydroxylation is 1. The van der Waals surface area contributed by atoms with Gasteiger partial charge in [-0.1, -0.05) is 0 Å². The Bertz CT molecular complexity index is 839. The highest BCUT2D eigenvalue weighted by molar-refractivity contribution is 7.88. The van der Waals surface area contributed by atoms with Gasteiger partial charge in [-0.05, 0) is 19.4 Å². The number of aromatic nitrogens is 2. The predicted octanol–water partition coefficient (Wildman–Crippen LogP) is 0.921. The van der Waals surface area contributed by atoms with Crippen molar-refractivity contribution in [2.45, 2.75) is 25.9 Å². The van der Waals surface area contributed by atoms with Gasteiger partial charge in [-0.25, -0.2) is 18.1 Å². The highest BCUT2D eigenvalue weighted by Gasteiger charge is 2.29. The number of imidazole rings is 1. The molecule has 1 aliphatic heterocycles. The molecule has 0 fully saturated rings. The molecule has 3 heterocycles. The van der Waals surface area contributed by atoms with Crippen molar-refractivity contribution in [1.29, 1.82) is 0 Å². The predicted molar refractivity (Wildman–Crippen MR) is 86.9 cm³/mol. The van der Waals surface area contributed by atoms with Gasteiger partial charge in [0, 0.05) is 19.3 Å². The third-order valence-corrected chi connectivity index (χ3v) is 4.87. The molecule has 130 valence electrons. The first-order valence-corrected chi connectivity index (χ1v) is 9.53. The van der Waals surface area contributed by atoms with Gasteiger partial charge in [0.2, 0.25) is 10.0 Å². The molecule has 0 saturated heterocycles. The van der Waals surface area contributed by atoms with E-state index in [-0.39, 0.29) is 11.9 Å². The van der Waals surface area contributed by atoms with Crippen LogP contribution in [0.5, 0.6) is 0 Å². The zero-order valence-electron chi connectivity index (χ0n) is 13.6. The fourth-order valence-electron chi connectivity index (χ4n) is 2.96. The summed E-state index contributed by atoms with van der Waals surface area (Å²) in [6.07, 6.45) is 6.67. The van der Waals surface area contributed by atoms with Gasteiger partial charge in [0.25, 0.3) is 5.91 Å². The lowest BCUT2D eigenvalue weighted by Gasteiger charge is -2.34. The van der Waals surface area contributed by atoms with Crippen molar-refractivity contribution >= 4 is 15.9 Å². The van der Waals surface area contributed by atoms with Crippen LogP contribution in [-0.2, 0) is 16.6 Å². The van der Waals surface area contributed by atoms with Gasteiger partial charge in [0.15, 0.2) is 0 Å². The van der Waals surface area contributed by atoms with E-state index in [4.69, 9.17) is 4.42 Å². The van der Waals surface area contributed by atoms with E-state index in [0.29, 0.717) is 37.4 Å². The Balaban J connectivity index is 1.76. The second-order valence-electron chi connectivity index (χ2n) is 5.98. The Hall–Kier alpha value is -2.13. The van der Waals surface area contributed by atoms with Gasteiger partial charge in [0.05, 0.1) is 42.7 Å². The lowest BCUT2D eigenvalue weighted by Crippen LogP contribution is -2.41. The number of carbonyl (C=O) groups is 1. The number of sulfonamides is 1. The molecule has 0 saturated carbocycles. The molecule has 1 N–H and O–H groups in total. The average molecular weight is 352 g/mol. The van der Waals surface area contributed by atoms with Gasteiger partial charge in [-0.15, -0.1) is 0 Å². The maximum Gasteiger partial charge on any atom is 0.257 e. The Labute approximate surface area is 140 Å². The topological polar surface area (TPSA) is 97.4 Å². The lowest BCUT2D eigenvalue weighted by atomic mass is 10.1. The van der Waals surface area contributed by atoms with Crippen LogP contribution in [0.4, 0.5) is 0 Å². The highest BCUT2D eigenvalue weighted by atomic mass is 32.2. The highest BCUT2D eigenvalue weighted by Crippen LogP contribution is 2.25. The Morgan fingerprint density at radius 1 is 1.50 bits per heavy atom. The van der Waals surface area contributed by atoms with Gasteiger partial charge in [0.1, 0.15) is 5.76 Å². The van der Waals surface area contributed by atoms with Crippen molar-refractivity contribution in [1.82, 2.24) is 19.2 Å². The van der Waals surface area contributed by atoms with Crippen LogP contribution in [0.15, 0.2) is 29.3 Å². The molecule has 8 nitrogen and oxygen atoms in total. The largest absolute Gasteiger partial charge is 0.469 e. The maximum atomic E-state index is 12.7. The molecule has 9 heteroatoms. The Morgan fingerprint density at radius 2 is 2.29 bits per heavy atom. The summed E-state index contributed by atoms with van der Waals surface area (Å²) in [6, 6.07) is 1.64. The maximum absolute atomic E-state index is 12.7. The first-order chi connectivity index (χ1) is 11.3. The number of fused-ring (bicyclic) bond motifs is 1. The minimum atomic E-state index is -3.23. The van der Waals surface area contributed by atoms with E-state index in [1.165, 1.54) is 6.26 Å². The summed E-state index contributed by atoms with van der Waals surface area (Å²) in [6.45, 7) is 3.04. The molecule has 1 aliphatic rings. The summed E-state index contributed by atoms with van der Waals surface area (Å²) < 4.78 is 32.2. The van der Waals surface area contributed by atoms with Crippen LogP contribution < -0.4 is 4.72 Å². The van der Waals surface area contributed by atoms with Crippen LogP contribution in [0.1, 0.15) is 34.3 Å². The molecule has 2 aromatic rings. The van der Waals surface area contributed by atoms with Crippen molar-refractivity contribution in [3.05, 3.63) is 41.9 Å². The van der Waals surface area contributed by atoms with E-state index in [1.54, 1.807) is 30.4 Å². The molecular formula is C15H20N4O4S. The number of amides is 1. The molecule has 1 amide bonds. The van der Waals surface area contributed by atoms with E-state index < -0.39 is 10.0 Å². The monoisotopic (exact) mass is 352 g/mol. The first kappa shape index (κ1) is 16.7. The SMILES string of the molecule is Cc1occc1C(=O)N1Cc2cncn2[C@@H](CCNS(C)(=O)=O)C1. The minimum absolute atomic E-state index is 0.0262. The van der Waals surface area contributed by atoms with Crippen LogP contribution in [0, 0.1) is 6.92 Å². The summed E-state index contributed by atoms with van der Waals surface area (Å²) in [4.78, 5) is 18.6. The van der Waals surface area contributed by atoms with E-state index >= 15 is 0 Å². The molecule has 0 unspecified atom stereocenters. The van der Waals surface area contributed by atoms with Crippen molar-refractivity contribution in [2.24, 2.45) is 0 Å². The third-order valence-electron chi connectivity index (χ3n) is 4.14. The average Bonchev–Trinajstić information content (AvgIpc) is 3.13. The molecule has 0 spiro atoms. The molecule has 3 rings (SSSR count). The van der Waals surface area contributed by atoms with E-state index in [9.17, 15) is 13.2 Å². The summed E-state index contributed by atoms with van der Waals surface area (Å²) in [5.74, 6) is 0.504. The number of nitrogens with zero attached hydrogens (tertiary/aromatic N) is 3. The van der Waals surface area contributed by atoms with E-state index in [2.05, 4.69) is 9.71 Å². The standard InChI is InChI=1S/C15H20N4O4S/c1-11-14(4-6-23-11)15(20)18-8-12(3-5-17-24(2,21)22)19-10-16-7-13(19)9-18/h4,6-7,10,12,17H,3,5,8-9H2,1-2H3/t12-/m0/s1. The quantitative estimate of drug-likeness (QED) is 0.863. The van der Waals surface area contributed by atoms with Crippen LogP contribution in [0.25, 0.3) is 0 Å². The van der Waals surface area contributed by atoms with Crippen molar-refractivity contribution in [2.75, 3.05) is 19.3 Å². The Kier molecular flexibility index (Phi) is 4.46. The molecule has 0 aromatic carbocycles. The van der Waals surface area contributed by atoms with Crippen LogP contribution in [0.2, 0.25) is 0 Å². The molecule has 24 heavy (non-hydrogen) atoms. The summed E-state index contributed by atoms with van der Waals surface area (Å²) >= 11 is 0. The normalized spacial score (nSPS) is 17.8. The smallest absolute Gasteiger partial charge is 0.257 e. The summed E-state index contributed by atoms with van der Waals surface area (Å²) in [5, 5.41) is 0. The Morgan fingerprint density at radius 3 is 2.96 bits per heavy atom. The number of carbonyl (C=O) groups excluding carboxylic acids is 1. The fourth-order valence-corrected chi connectivity index (χ4v) is 3.45. The second kappa shape index (κ2) is 6.40. The van der Waals surface area contributed by atoms with Crippen LogP contribution >= 0.6 is 0 Å². The lowest BCUT2D eigenvalue weighted by molar-refractivity contribution is 0.0672. The molecular weight excluding hydrogens is 332 g/mol. The molecule has 2 aromatic heterocycles. The van der Waals surface area contributed by atoms with Crippen molar-refractivity contribution in [3.8, 4) is 0 Å². The summed E-state index contributed by atoms with van der Waals surface area (Å²) in [7, 11) is -3.23. The zero-order valence-corrected chi connectivity index (χ0v) is 14.4. The summed E-state index contributed by atoms with van der Waals surface area (Å²) in [5.41, 5.74) is 1.48. The number of nitrogens with one attached hydrogen (secondary N) is 1. The van der Waals surface area contributed by atoms with E-state index in [0.717, 1.165) is 11.9 Å². The third kappa shape index (κ3) is 3.51. The van der Waals surface area contributed by atoms with Crippen molar-refractivity contribution in [3.63, 3.8) is 0 Å². The molecule has 0 aliphatic carbocycles. The first-order valence-electron chi connectivity index (χ1n) is 7.64. The van der Waals surface area contributed by atoms with Gasteiger partial charge in [-0.3, -0.25) is 4.79 Å². The van der Waals surface area contributed by atoms with Crippen LogP contribution in [-0.4, -0.2) is 48.1 Å². The molecule has 0 radical (unpaired) electrons. The molecule has 1 atom stereocenters. The number of rotatable bonds is 5. The van der Waals surface area contributed by atoms with Crippen molar-refractivity contribution < 1.29 is 17.6 Å². The fraction of sp³-hybridized carbons (Fsp3) is 0.467. The number of furan rings is 1. The molecule has 0 bridgehead atoms. The van der Waals surface area contributed by atoms with Gasteiger partial charge >= 0.3 is 0 Å². The minimum Gasteiger partial charge on any atom is -0.469 e. The van der Waals surface area contributed by atoms with Gasteiger partial charge in [-0.2, -0.15) is 0 Å². The van der Waals surface area contributed by atoms with Crippen LogP contribution in [0.3, 0.4) is 0 Å². The number of hydrogen-bond donors (Lipinski definition) is 1. The second-order valence-corrected chi connectivity index (χ2v) is 7.81. The van der Waals surface area contributed by atoms with E-state index in [1.807, 2.05) is 4.57 Å². The van der Waals surface area contributed by atoms with Gasteiger partial charge < -0.3 is 13.9 Å².